The number of anilines is 2. The van der Waals surface area contributed by atoms with Crippen molar-refractivity contribution >= 4 is 40.6 Å². The molecule has 2 aromatic carbocycles. The summed E-state index contributed by atoms with van der Waals surface area (Å²) in [5.74, 6) is -0.570. The number of hydrogen-bond acceptors (Lipinski definition) is 4. The van der Waals surface area contributed by atoms with E-state index < -0.39 is 6.03 Å². The lowest BCUT2D eigenvalue weighted by atomic mass is 10.1. The van der Waals surface area contributed by atoms with E-state index in [2.05, 4.69) is 16.0 Å². The van der Waals surface area contributed by atoms with E-state index >= 15 is 0 Å². The summed E-state index contributed by atoms with van der Waals surface area (Å²) in [6.45, 7) is 0.294. The van der Waals surface area contributed by atoms with Crippen LogP contribution in [0.2, 0.25) is 0 Å². The van der Waals surface area contributed by atoms with Crippen LogP contribution in [0.1, 0.15) is 26.3 Å². The molecule has 4 amide bonds. The highest BCUT2D eigenvalue weighted by atomic mass is 32.1. The molecule has 1 aromatic heterocycles. The molecule has 0 radical (unpaired) electrons. The lowest BCUT2D eigenvalue weighted by molar-refractivity contribution is 0.0951. The SMILES string of the molecule is NC(=O)Nc1ccc(CNC(=O)c2ccccc2NC(=O)c2ccsc2)cc1. The first-order valence-electron chi connectivity index (χ1n) is 8.39. The average Bonchev–Trinajstić information content (AvgIpc) is 3.22. The van der Waals surface area contributed by atoms with E-state index in [1.807, 2.05) is 5.38 Å². The standard InChI is InChI=1S/C20H18N4O3S/c21-20(27)23-15-7-5-13(6-8-15)11-22-19(26)16-3-1-2-4-17(16)24-18(25)14-9-10-28-12-14/h1-10,12H,11H2,(H,22,26)(H,24,25)(H3,21,23,27). The van der Waals surface area contributed by atoms with Gasteiger partial charge in [-0.1, -0.05) is 24.3 Å². The van der Waals surface area contributed by atoms with E-state index in [1.54, 1.807) is 60.0 Å². The molecule has 8 heteroatoms. The van der Waals surface area contributed by atoms with Crippen LogP contribution in [0, 0.1) is 0 Å². The number of nitrogens with one attached hydrogen (secondary N) is 3. The van der Waals surface area contributed by atoms with E-state index in [1.165, 1.54) is 11.3 Å². The van der Waals surface area contributed by atoms with Crippen molar-refractivity contribution < 1.29 is 14.4 Å². The third-order valence-electron chi connectivity index (χ3n) is 3.88. The van der Waals surface area contributed by atoms with Crippen molar-refractivity contribution in [1.82, 2.24) is 5.32 Å². The molecule has 0 aliphatic heterocycles. The van der Waals surface area contributed by atoms with Crippen molar-refractivity contribution in [2.24, 2.45) is 5.73 Å². The Morgan fingerprint density at radius 3 is 2.32 bits per heavy atom. The van der Waals surface area contributed by atoms with Gasteiger partial charge in [-0.15, -0.1) is 0 Å². The Bertz CT molecular complexity index is 985. The van der Waals surface area contributed by atoms with E-state index in [0.717, 1.165) is 5.56 Å². The minimum atomic E-state index is -0.637. The lowest BCUT2D eigenvalue weighted by Crippen LogP contribution is -2.25. The van der Waals surface area contributed by atoms with Crippen molar-refractivity contribution in [3.05, 3.63) is 82.0 Å². The van der Waals surface area contributed by atoms with Crippen molar-refractivity contribution in [2.45, 2.75) is 6.54 Å². The highest BCUT2D eigenvalue weighted by Crippen LogP contribution is 2.17. The molecule has 0 bridgehead atoms. The zero-order valence-corrected chi connectivity index (χ0v) is 15.6. The molecule has 28 heavy (non-hydrogen) atoms. The monoisotopic (exact) mass is 394 g/mol. The van der Waals surface area contributed by atoms with Crippen molar-refractivity contribution in [3.8, 4) is 0 Å². The molecule has 7 nitrogen and oxygen atoms in total. The molecular weight excluding hydrogens is 376 g/mol. The van der Waals surface area contributed by atoms with Crippen molar-refractivity contribution in [1.29, 1.82) is 0 Å². The highest BCUT2D eigenvalue weighted by molar-refractivity contribution is 7.08. The summed E-state index contributed by atoms with van der Waals surface area (Å²) in [5, 5.41) is 11.6. The van der Waals surface area contributed by atoms with E-state index in [-0.39, 0.29) is 11.8 Å². The van der Waals surface area contributed by atoms with Gasteiger partial charge in [-0.3, -0.25) is 9.59 Å². The van der Waals surface area contributed by atoms with Gasteiger partial charge < -0.3 is 21.7 Å². The lowest BCUT2D eigenvalue weighted by Gasteiger charge is -2.11. The maximum absolute atomic E-state index is 12.6. The van der Waals surface area contributed by atoms with Crippen LogP contribution in [0.3, 0.4) is 0 Å². The van der Waals surface area contributed by atoms with Gasteiger partial charge in [-0.05, 0) is 41.3 Å². The van der Waals surface area contributed by atoms with E-state index in [9.17, 15) is 14.4 Å². The van der Waals surface area contributed by atoms with Crippen LogP contribution < -0.4 is 21.7 Å². The number of rotatable bonds is 6. The second-order valence-corrected chi connectivity index (χ2v) is 6.66. The first-order chi connectivity index (χ1) is 13.5. The van der Waals surface area contributed by atoms with Crippen LogP contribution in [0.4, 0.5) is 16.2 Å². The number of urea groups is 1. The maximum Gasteiger partial charge on any atom is 0.316 e. The predicted molar refractivity (Wildman–Crippen MR) is 110 cm³/mol. The number of thiophene rings is 1. The van der Waals surface area contributed by atoms with Gasteiger partial charge in [0.15, 0.2) is 0 Å². The van der Waals surface area contributed by atoms with E-state index in [4.69, 9.17) is 5.73 Å². The zero-order valence-electron chi connectivity index (χ0n) is 14.8. The van der Waals surface area contributed by atoms with Gasteiger partial charge in [0.1, 0.15) is 0 Å². The fourth-order valence-corrected chi connectivity index (χ4v) is 3.14. The quantitative estimate of drug-likeness (QED) is 0.514. The smallest absolute Gasteiger partial charge is 0.316 e. The molecular formula is C20H18N4O3S. The van der Waals surface area contributed by atoms with Gasteiger partial charge >= 0.3 is 6.03 Å². The Hall–Kier alpha value is -3.65. The highest BCUT2D eigenvalue weighted by Gasteiger charge is 2.14. The minimum Gasteiger partial charge on any atom is -0.351 e. The molecule has 0 fully saturated rings. The van der Waals surface area contributed by atoms with Gasteiger partial charge in [0.05, 0.1) is 16.8 Å². The van der Waals surface area contributed by atoms with Crippen LogP contribution in [0.15, 0.2) is 65.4 Å². The molecule has 0 spiro atoms. The number of para-hydroxylation sites is 1. The molecule has 5 N–H and O–H groups in total. The molecule has 3 aromatic rings. The number of carbonyl (C=O) groups is 3. The van der Waals surface area contributed by atoms with Gasteiger partial charge in [-0.2, -0.15) is 11.3 Å². The summed E-state index contributed by atoms with van der Waals surface area (Å²) < 4.78 is 0. The summed E-state index contributed by atoms with van der Waals surface area (Å²) >= 11 is 1.43. The van der Waals surface area contributed by atoms with Crippen LogP contribution in [0.5, 0.6) is 0 Å². The summed E-state index contributed by atoms with van der Waals surface area (Å²) in [5.41, 5.74) is 7.85. The summed E-state index contributed by atoms with van der Waals surface area (Å²) in [7, 11) is 0. The fraction of sp³-hybridized carbons (Fsp3) is 0.0500. The number of benzene rings is 2. The number of amides is 4. The Balaban J connectivity index is 1.64. The molecule has 0 saturated carbocycles. The number of nitrogens with two attached hydrogens (primary N) is 1. The Morgan fingerprint density at radius 1 is 0.893 bits per heavy atom. The second kappa shape index (κ2) is 8.83. The summed E-state index contributed by atoms with van der Waals surface area (Å²) in [4.78, 5) is 35.7. The van der Waals surface area contributed by atoms with Gasteiger partial charge in [0.2, 0.25) is 0 Å². The fourth-order valence-electron chi connectivity index (χ4n) is 2.50. The molecule has 0 aliphatic carbocycles. The molecule has 0 saturated heterocycles. The van der Waals surface area contributed by atoms with Crippen LogP contribution in [-0.2, 0) is 6.54 Å². The van der Waals surface area contributed by atoms with Crippen LogP contribution in [-0.4, -0.2) is 17.8 Å². The first kappa shape index (κ1) is 19.1. The topological polar surface area (TPSA) is 113 Å². The van der Waals surface area contributed by atoms with Crippen LogP contribution in [0.25, 0.3) is 0 Å². The first-order valence-corrected chi connectivity index (χ1v) is 9.33. The van der Waals surface area contributed by atoms with Gasteiger partial charge in [0, 0.05) is 17.6 Å². The van der Waals surface area contributed by atoms with Gasteiger partial charge in [0.25, 0.3) is 11.8 Å². The number of primary amides is 1. The third kappa shape index (κ3) is 4.95. The summed E-state index contributed by atoms with van der Waals surface area (Å²) in [6, 6.07) is 14.8. The summed E-state index contributed by atoms with van der Waals surface area (Å²) in [6.07, 6.45) is 0. The van der Waals surface area contributed by atoms with Crippen molar-refractivity contribution in [3.63, 3.8) is 0 Å². The zero-order chi connectivity index (χ0) is 19.9. The predicted octanol–water partition coefficient (Wildman–Crippen LogP) is 3.42. The van der Waals surface area contributed by atoms with Crippen LogP contribution >= 0.6 is 11.3 Å². The minimum absolute atomic E-state index is 0.265. The molecule has 3 rings (SSSR count). The number of carbonyl (C=O) groups excluding carboxylic acids is 3. The Labute approximate surface area is 165 Å². The number of hydrogen-bond donors (Lipinski definition) is 4. The Morgan fingerprint density at radius 2 is 1.64 bits per heavy atom. The maximum atomic E-state index is 12.6. The van der Waals surface area contributed by atoms with Gasteiger partial charge in [-0.25, -0.2) is 4.79 Å². The molecule has 0 atom stereocenters. The Kier molecular flexibility index (Phi) is 6.03. The third-order valence-corrected chi connectivity index (χ3v) is 4.56. The largest absolute Gasteiger partial charge is 0.351 e. The molecule has 142 valence electrons. The normalized spacial score (nSPS) is 10.1. The molecule has 0 unspecified atom stereocenters. The molecule has 1 heterocycles. The second-order valence-electron chi connectivity index (χ2n) is 5.88. The van der Waals surface area contributed by atoms with E-state index in [0.29, 0.717) is 29.0 Å². The average molecular weight is 394 g/mol. The van der Waals surface area contributed by atoms with Crippen molar-refractivity contribution in [2.75, 3.05) is 10.6 Å². The molecule has 0 aliphatic rings.